The summed E-state index contributed by atoms with van der Waals surface area (Å²) in [5.74, 6) is 1.40. The van der Waals surface area contributed by atoms with Gasteiger partial charge < -0.3 is 19.7 Å². The third kappa shape index (κ3) is 4.80. The molecule has 1 aromatic rings. The van der Waals surface area contributed by atoms with Crippen molar-refractivity contribution in [2.75, 3.05) is 26.9 Å². The Morgan fingerprint density at radius 2 is 2.06 bits per heavy atom. The first-order chi connectivity index (χ1) is 8.15. The van der Waals surface area contributed by atoms with Gasteiger partial charge in [0.15, 0.2) is 5.82 Å². The number of rotatable bonds is 8. The molecule has 0 unspecified atom stereocenters. The van der Waals surface area contributed by atoms with Crippen molar-refractivity contribution in [3.8, 4) is 0 Å². The van der Waals surface area contributed by atoms with Gasteiger partial charge in [0.05, 0.1) is 25.9 Å². The quantitative estimate of drug-likeness (QED) is 0.684. The van der Waals surface area contributed by atoms with Crippen LogP contribution in [0.2, 0.25) is 0 Å². The van der Waals surface area contributed by atoms with E-state index in [0.29, 0.717) is 38.0 Å². The summed E-state index contributed by atoms with van der Waals surface area (Å²) in [6.45, 7) is 5.76. The number of hydrogen-bond acceptors (Lipinski definition) is 6. The number of hydrogen-bond donors (Lipinski definition) is 1. The lowest BCUT2D eigenvalue weighted by Gasteiger charge is -2.09. The number of ether oxygens (including phenoxy) is 2. The van der Waals surface area contributed by atoms with Gasteiger partial charge in [-0.25, -0.2) is 0 Å². The molecular formula is C11H21N3O3. The Bertz CT molecular complexity index is 315. The summed E-state index contributed by atoms with van der Waals surface area (Å²) in [5, 5.41) is 3.86. The number of methoxy groups -OCH3 is 1. The minimum atomic E-state index is -0.203. The lowest BCUT2D eigenvalue weighted by atomic mass is 10.1. The van der Waals surface area contributed by atoms with Gasteiger partial charge in [-0.1, -0.05) is 19.0 Å². The molecule has 0 bridgehead atoms. The van der Waals surface area contributed by atoms with Gasteiger partial charge in [-0.2, -0.15) is 4.98 Å². The van der Waals surface area contributed by atoms with Crippen LogP contribution < -0.4 is 5.73 Å². The topological polar surface area (TPSA) is 83.4 Å². The zero-order valence-corrected chi connectivity index (χ0v) is 10.7. The highest BCUT2D eigenvalue weighted by Crippen LogP contribution is 2.16. The maximum Gasteiger partial charge on any atom is 0.243 e. The van der Waals surface area contributed by atoms with Gasteiger partial charge in [-0.15, -0.1) is 0 Å². The standard InChI is InChI=1S/C11H21N3O3/c1-8(2)10(12)11-13-9(14-17-11)4-5-16-7-6-15-3/h8,10H,4-7,12H2,1-3H3/t10-/m1/s1. The maximum atomic E-state index is 5.90. The van der Waals surface area contributed by atoms with Crippen LogP contribution >= 0.6 is 0 Å². The molecule has 0 spiro atoms. The molecule has 1 heterocycles. The fraction of sp³-hybridized carbons (Fsp3) is 0.818. The molecule has 98 valence electrons. The van der Waals surface area contributed by atoms with Crippen LogP contribution in [0.4, 0.5) is 0 Å². The van der Waals surface area contributed by atoms with Crippen LogP contribution in [0.3, 0.4) is 0 Å². The summed E-state index contributed by atoms with van der Waals surface area (Å²) < 4.78 is 15.3. The van der Waals surface area contributed by atoms with E-state index in [1.54, 1.807) is 7.11 Å². The second-order valence-electron chi connectivity index (χ2n) is 4.17. The first-order valence-corrected chi connectivity index (χ1v) is 5.80. The summed E-state index contributed by atoms with van der Waals surface area (Å²) in [5.41, 5.74) is 5.90. The van der Waals surface area contributed by atoms with Gasteiger partial charge in [0.2, 0.25) is 5.89 Å². The highest BCUT2D eigenvalue weighted by atomic mass is 16.5. The smallest absolute Gasteiger partial charge is 0.243 e. The number of aromatic nitrogens is 2. The average Bonchev–Trinajstić information content (AvgIpc) is 2.76. The maximum absolute atomic E-state index is 5.90. The van der Waals surface area contributed by atoms with Crippen LogP contribution in [0.15, 0.2) is 4.52 Å². The molecule has 0 radical (unpaired) electrons. The SMILES string of the molecule is COCCOCCc1noc([C@H](N)C(C)C)n1. The molecule has 1 aromatic heterocycles. The van der Waals surface area contributed by atoms with Crippen LogP contribution in [0.1, 0.15) is 31.6 Å². The van der Waals surface area contributed by atoms with Crippen LogP contribution in [-0.2, 0) is 15.9 Å². The van der Waals surface area contributed by atoms with E-state index in [1.807, 2.05) is 13.8 Å². The summed E-state index contributed by atoms with van der Waals surface area (Å²) in [4.78, 5) is 4.24. The molecule has 0 aliphatic carbocycles. The zero-order valence-electron chi connectivity index (χ0n) is 10.7. The van der Waals surface area contributed by atoms with Gasteiger partial charge in [-0.3, -0.25) is 0 Å². The molecule has 0 aliphatic heterocycles. The molecule has 0 amide bonds. The van der Waals surface area contributed by atoms with E-state index in [0.717, 1.165) is 0 Å². The molecule has 0 saturated carbocycles. The highest BCUT2D eigenvalue weighted by molar-refractivity contribution is 4.93. The van der Waals surface area contributed by atoms with Gasteiger partial charge >= 0.3 is 0 Å². The first kappa shape index (κ1) is 14.1. The van der Waals surface area contributed by atoms with Crippen molar-refractivity contribution in [1.29, 1.82) is 0 Å². The lowest BCUT2D eigenvalue weighted by Crippen LogP contribution is -2.17. The molecule has 1 rings (SSSR count). The van der Waals surface area contributed by atoms with E-state index in [1.165, 1.54) is 0 Å². The number of nitrogens with zero attached hydrogens (tertiary/aromatic N) is 2. The summed E-state index contributed by atoms with van der Waals surface area (Å²) in [6, 6.07) is -0.203. The van der Waals surface area contributed by atoms with E-state index < -0.39 is 0 Å². The Kier molecular flexibility index (Phi) is 6.10. The fourth-order valence-electron chi connectivity index (χ4n) is 1.20. The Morgan fingerprint density at radius 3 is 2.71 bits per heavy atom. The predicted molar refractivity (Wildman–Crippen MR) is 62.5 cm³/mol. The largest absolute Gasteiger partial charge is 0.382 e. The Labute approximate surface area is 101 Å². The molecule has 0 aliphatic rings. The molecule has 2 N–H and O–H groups in total. The van der Waals surface area contributed by atoms with Crippen LogP contribution in [-0.4, -0.2) is 37.1 Å². The summed E-state index contributed by atoms with van der Waals surface area (Å²) >= 11 is 0. The Balaban J connectivity index is 2.31. The van der Waals surface area contributed by atoms with Crippen molar-refractivity contribution in [2.45, 2.75) is 26.3 Å². The molecular weight excluding hydrogens is 222 g/mol. The van der Waals surface area contributed by atoms with Crippen molar-refractivity contribution < 1.29 is 14.0 Å². The van der Waals surface area contributed by atoms with Gasteiger partial charge in [0, 0.05) is 13.5 Å². The third-order valence-electron chi connectivity index (χ3n) is 2.39. The van der Waals surface area contributed by atoms with Crippen molar-refractivity contribution in [3.63, 3.8) is 0 Å². The predicted octanol–water partition coefficient (Wildman–Crippen LogP) is 0.931. The van der Waals surface area contributed by atoms with E-state index in [-0.39, 0.29) is 12.0 Å². The Hall–Kier alpha value is -0.980. The van der Waals surface area contributed by atoms with Gasteiger partial charge in [-0.05, 0) is 5.92 Å². The fourth-order valence-corrected chi connectivity index (χ4v) is 1.20. The molecule has 6 nitrogen and oxygen atoms in total. The second-order valence-corrected chi connectivity index (χ2v) is 4.17. The molecule has 0 fully saturated rings. The van der Waals surface area contributed by atoms with E-state index in [2.05, 4.69) is 10.1 Å². The van der Waals surface area contributed by atoms with Crippen molar-refractivity contribution in [3.05, 3.63) is 11.7 Å². The monoisotopic (exact) mass is 243 g/mol. The minimum Gasteiger partial charge on any atom is -0.382 e. The van der Waals surface area contributed by atoms with Crippen LogP contribution in [0, 0.1) is 5.92 Å². The lowest BCUT2D eigenvalue weighted by molar-refractivity contribution is 0.0714. The van der Waals surface area contributed by atoms with Crippen molar-refractivity contribution in [2.24, 2.45) is 11.7 Å². The molecule has 1 atom stereocenters. The normalized spacial score (nSPS) is 13.2. The van der Waals surface area contributed by atoms with Gasteiger partial charge in [0.25, 0.3) is 0 Å². The molecule has 6 heteroatoms. The van der Waals surface area contributed by atoms with Gasteiger partial charge in [0.1, 0.15) is 0 Å². The first-order valence-electron chi connectivity index (χ1n) is 5.80. The molecule has 17 heavy (non-hydrogen) atoms. The van der Waals surface area contributed by atoms with Crippen LogP contribution in [0.25, 0.3) is 0 Å². The third-order valence-corrected chi connectivity index (χ3v) is 2.39. The average molecular weight is 243 g/mol. The van der Waals surface area contributed by atoms with E-state index in [9.17, 15) is 0 Å². The summed E-state index contributed by atoms with van der Waals surface area (Å²) in [7, 11) is 1.64. The van der Waals surface area contributed by atoms with Crippen molar-refractivity contribution >= 4 is 0 Å². The minimum absolute atomic E-state index is 0.203. The molecule has 0 aromatic carbocycles. The molecule has 0 saturated heterocycles. The van der Waals surface area contributed by atoms with Crippen molar-refractivity contribution in [1.82, 2.24) is 10.1 Å². The number of nitrogens with two attached hydrogens (primary N) is 1. The zero-order chi connectivity index (χ0) is 12.7. The van der Waals surface area contributed by atoms with E-state index >= 15 is 0 Å². The summed E-state index contributed by atoms with van der Waals surface area (Å²) in [6.07, 6.45) is 0.623. The Morgan fingerprint density at radius 1 is 1.29 bits per heavy atom. The van der Waals surface area contributed by atoms with Crippen LogP contribution in [0.5, 0.6) is 0 Å². The van der Waals surface area contributed by atoms with E-state index in [4.69, 9.17) is 19.7 Å². The highest BCUT2D eigenvalue weighted by Gasteiger charge is 2.17. The second kappa shape index (κ2) is 7.37.